The topological polar surface area (TPSA) is 60.9 Å². The lowest BCUT2D eigenvalue weighted by Gasteiger charge is -2.29. The van der Waals surface area contributed by atoms with Crippen LogP contribution in [0.3, 0.4) is 0 Å². The van der Waals surface area contributed by atoms with E-state index < -0.39 is 0 Å². The van der Waals surface area contributed by atoms with Gasteiger partial charge < -0.3 is 19.9 Å². The van der Waals surface area contributed by atoms with Crippen molar-refractivity contribution in [3.8, 4) is 0 Å². The van der Waals surface area contributed by atoms with Gasteiger partial charge in [-0.1, -0.05) is 0 Å². The maximum absolute atomic E-state index is 12.9. The summed E-state index contributed by atoms with van der Waals surface area (Å²) in [5, 5.41) is 6.27. The maximum Gasteiger partial charge on any atom is 0.241 e. The predicted octanol–water partition coefficient (Wildman–Crippen LogP) is 2.83. The summed E-state index contributed by atoms with van der Waals surface area (Å²) in [5.74, 6) is 0.0488. The third-order valence-electron chi connectivity index (χ3n) is 5.85. The van der Waals surface area contributed by atoms with E-state index in [2.05, 4.69) is 42.5 Å². The molecule has 0 radical (unpaired) electrons. The second-order valence-electron chi connectivity index (χ2n) is 7.96. The zero-order valence-corrected chi connectivity index (χ0v) is 18.7. The minimum atomic E-state index is -0.165. The summed E-state index contributed by atoms with van der Waals surface area (Å²) in [6.45, 7) is 11.1. The molecule has 2 aliphatic rings. The number of hydrogen-bond acceptors (Lipinski definition) is 7. The van der Waals surface area contributed by atoms with Gasteiger partial charge in [0.05, 0.1) is 24.9 Å². The van der Waals surface area contributed by atoms with Gasteiger partial charge in [0, 0.05) is 56.0 Å². The molecule has 1 unspecified atom stereocenters. The standard InChI is InChI=1S/C22H31N5O2S/c1-17-16-30-22(23-17)27-9-3-8-25(10-11-27)18(2)21(28)24-19-4-6-20(7-5-19)26-12-14-29-15-13-26/h4-7,16,18H,3,8-15H2,1-2H3,(H,24,28). The summed E-state index contributed by atoms with van der Waals surface area (Å²) < 4.78 is 5.41. The van der Waals surface area contributed by atoms with Crippen LogP contribution < -0.4 is 15.1 Å². The first-order chi connectivity index (χ1) is 14.6. The zero-order valence-electron chi connectivity index (χ0n) is 17.8. The van der Waals surface area contributed by atoms with Crippen LogP contribution in [-0.4, -0.2) is 74.3 Å². The highest BCUT2D eigenvalue weighted by molar-refractivity contribution is 7.13. The maximum atomic E-state index is 12.9. The lowest BCUT2D eigenvalue weighted by atomic mass is 10.2. The molecule has 30 heavy (non-hydrogen) atoms. The molecule has 1 amide bonds. The number of benzene rings is 1. The first kappa shape index (κ1) is 21.1. The fraction of sp³-hybridized carbons (Fsp3) is 0.545. The number of rotatable bonds is 5. The molecule has 1 aromatic heterocycles. The molecule has 3 heterocycles. The average Bonchev–Trinajstić information content (AvgIpc) is 3.06. The smallest absolute Gasteiger partial charge is 0.241 e. The van der Waals surface area contributed by atoms with Crippen molar-refractivity contribution in [1.29, 1.82) is 0 Å². The molecule has 7 nitrogen and oxygen atoms in total. The Bertz CT molecular complexity index is 834. The van der Waals surface area contributed by atoms with Gasteiger partial charge in [0.2, 0.25) is 5.91 Å². The molecular formula is C22H31N5O2S. The van der Waals surface area contributed by atoms with Crippen molar-refractivity contribution in [2.75, 3.05) is 67.6 Å². The molecule has 4 rings (SSSR count). The third-order valence-corrected chi connectivity index (χ3v) is 6.87. The van der Waals surface area contributed by atoms with Gasteiger partial charge >= 0.3 is 0 Å². The molecule has 0 saturated carbocycles. The van der Waals surface area contributed by atoms with E-state index in [4.69, 9.17) is 4.74 Å². The number of nitrogens with one attached hydrogen (secondary N) is 1. The summed E-state index contributed by atoms with van der Waals surface area (Å²) in [5.41, 5.74) is 3.09. The van der Waals surface area contributed by atoms with Crippen molar-refractivity contribution >= 4 is 33.8 Å². The number of nitrogens with zero attached hydrogens (tertiary/aromatic N) is 4. The van der Waals surface area contributed by atoms with E-state index >= 15 is 0 Å². The predicted molar refractivity (Wildman–Crippen MR) is 123 cm³/mol. The molecule has 2 fully saturated rings. The molecule has 162 valence electrons. The SMILES string of the molecule is Cc1csc(N2CCCN(C(C)C(=O)Nc3ccc(N4CCOCC4)cc3)CC2)n1. The van der Waals surface area contributed by atoms with Gasteiger partial charge in [-0.3, -0.25) is 9.69 Å². The Kier molecular flexibility index (Phi) is 6.86. The summed E-state index contributed by atoms with van der Waals surface area (Å²) in [4.78, 5) is 24.4. The van der Waals surface area contributed by atoms with Crippen LogP contribution in [0.4, 0.5) is 16.5 Å². The molecule has 0 bridgehead atoms. The van der Waals surface area contributed by atoms with Crippen LogP contribution in [0.5, 0.6) is 0 Å². The minimum absolute atomic E-state index is 0.0488. The Morgan fingerprint density at radius 2 is 1.83 bits per heavy atom. The van der Waals surface area contributed by atoms with Gasteiger partial charge in [-0.15, -0.1) is 11.3 Å². The van der Waals surface area contributed by atoms with Crippen LogP contribution in [-0.2, 0) is 9.53 Å². The largest absolute Gasteiger partial charge is 0.378 e. The zero-order chi connectivity index (χ0) is 20.9. The van der Waals surface area contributed by atoms with Gasteiger partial charge in [0.25, 0.3) is 0 Å². The van der Waals surface area contributed by atoms with E-state index in [1.807, 2.05) is 26.0 Å². The van der Waals surface area contributed by atoms with E-state index in [0.29, 0.717) is 0 Å². The van der Waals surface area contributed by atoms with Crippen molar-refractivity contribution in [3.05, 3.63) is 35.3 Å². The summed E-state index contributed by atoms with van der Waals surface area (Å²) in [6, 6.07) is 7.97. The highest BCUT2D eigenvalue weighted by Gasteiger charge is 2.25. The van der Waals surface area contributed by atoms with E-state index in [0.717, 1.165) is 75.4 Å². The quantitative estimate of drug-likeness (QED) is 0.789. The number of carbonyl (C=O) groups is 1. The van der Waals surface area contributed by atoms with Crippen LogP contribution in [0.15, 0.2) is 29.6 Å². The monoisotopic (exact) mass is 429 g/mol. The number of amides is 1. The highest BCUT2D eigenvalue weighted by Crippen LogP contribution is 2.23. The first-order valence-corrected chi connectivity index (χ1v) is 11.6. The van der Waals surface area contributed by atoms with Gasteiger partial charge in [0.1, 0.15) is 0 Å². The number of aryl methyl sites for hydroxylation is 1. The molecule has 0 aliphatic carbocycles. The van der Waals surface area contributed by atoms with Gasteiger partial charge in [-0.25, -0.2) is 4.98 Å². The number of anilines is 3. The number of hydrogen-bond donors (Lipinski definition) is 1. The van der Waals surface area contributed by atoms with Crippen LogP contribution in [0.2, 0.25) is 0 Å². The Hall–Kier alpha value is -2.16. The van der Waals surface area contributed by atoms with Gasteiger partial charge in [-0.05, 0) is 44.5 Å². The van der Waals surface area contributed by atoms with Crippen molar-refractivity contribution in [2.45, 2.75) is 26.3 Å². The molecular weight excluding hydrogens is 398 g/mol. The molecule has 8 heteroatoms. The van der Waals surface area contributed by atoms with Crippen LogP contribution in [0, 0.1) is 6.92 Å². The van der Waals surface area contributed by atoms with Crippen LogP contribution in [0.25, 0.3) is 0 Å². The molecule has 1 aromatic carbocycles. The van der Waals surface area contributed by atoms with Crippen LogP contribution in [0.1, 0.15) is 19.0 Å². The van der Waals surface area contributed by atoms with Gasteiger partial charge in [0.15, 0.2) is 5.13 Å². The third kappa shape index (κ3) is 5.11. The highest BCUT2D eigenvalue weighted by atomic mass is 32.1. The van der Waals surface area contributed by atoms with E-state index in [-0.39, 0.29) is 11.9 Å². The number of aromatic nitrogens is 1. The minimum Gasteiger partial charge on any atom is -0.378 e. The molecule has 2 aliphatic heterocycles. The Labute approximate surface area is 182 Å². The fourth-order valence-electron chi connectivity index (χ4n) is 3.99. The number of thiazole rings is 1. The van der Waals surface area contributed by atoms with Crippen LogP contribution >= 0.6 is 11.3 Å². The molecule has 1 N–H and O–H groups in total. The van der Waals surface area contributed by atoms with Crippen molar-refractivity contribution < 1.29 is 9.53 Å². The van der Waals surface area contributed by atoms with Gasteiger partial charge in [-0.2, -0.15) is 0 Å². The Morgan fingerprint density at radius 1 is 1.07 bits per heavy atom. The number of carbonyl (C=O) groups excluding carboxylic acids is 1. The second-order valence-corrected chi connectivity index (χ2v) is 8.80. The molecule has 2 saturated heterocycles. The van der Waals surface area contributed by atoms with E-state index in [1.54, 1.807) is 11.3 Å². The summed E-state index contributed by atoms with van der Waals surface area (Å²) in [6.07, 6.45) is 1.03. The number of ether oxygens (including phenoxy) is 1. The Balaban J connectivity index is 1.31. The van der Waals surface area contributed by atoms with Crippen molar-refractivity contribution in [1.82, 2.24) is 9.88 Å². The summed E-state index contributed by atoms with van der Waals surface area (Å²) in [7, 11) is 0. The van der Waals surface area contributed by atoms with E-state index in [9.17, 15) is 4.79 Å². The Morgan fingerprint density at radius 3 is 2.53 bits per heavy atom. The number of morpholine rings is 1. The summed E-state index contributed by atoms with van der Waals surface area (Å²) >= 11 is 1.70. The normalized spacial score (nSPS) is 19.4. The fourth-order valence-corrected chi connectivity index (χ4v) is 4.85. The molecule has 2 aromatic rings. The van der Waals surface area contributed by atoms with E-state index in [1.165, 1.54) is 5.69 Å². The average molecular weight is 430 g/mol. The first-order valence-electron chi connectivity index (χ1n) is 10.7. The van der Waals surface area contributed by atoms with Crippen molar-refractivity contribution in [3.63, 3.8) is 0 Å². The lowest BCUT2D eigenvalue weighted by molar-refractivity contribution is -0.120. The molecule has 0 spiro atoms. The molecule has 1 atom stereocenters. The van der Waals surface area contributed by atoms with Crippen molar-refractivity contribution in [2.24, 2.45) is 0 Å². The second kappa shape index (κ2) is 9.76. The lowest BCUT2D eigenvalue weighted by Crippen LogP contribution is -2.44.